The van der Waals surface area contributed by atoms with Gasteiger partial charge in [0, 0.05) is 30.8 Å². The van der Waals surface area contributed by atoms with E-state index in [1.54, 1.807) is 0 Å². The van der Waals surface area contributed by atoms with Crippen LogP contribution in [0.4, 0.5) is 10.1 Å². The molecule has 2 amide bonds. The number of benzene rings is 3. The van der Waals surface area contributed by atoms with E-state index in [1.165, 1.54) is 49.6 Å². The summed E-state index contributed by atoms with van der Waals surface area (Å²) in [5, 5.41) is 23.2. The average molecular weight is 601 g/mol. The van der Waals surface area contributed by atoms with Gasteiger partial charge in [0.05, 0.1) is 29.4 Å². The Morgan fingerprint density at radius 2 is 1.76 bits per heavy atom. The second-order valence-electron chi connectivity index (χ2n) is 9.18. The Kier molecular flexibility index (Phi) is 8.82. The molecule has 1 saturated heterocycles. The molecule has 0 aromatic heterocycles. The first kappa shape index (κ1) is 30.1. The fourth-order valence-corrected chi connectivity index (χ4v) is 6.06. The number of hydrogen-bond donors (Lipinski definition) is 2. The molecule has 4 rings (SSSR count). The predicted octanol–water partition coefficient (Wildman–Crippen LogP) is 2.55. The maximum Gasteiger partial charge on any atom is 0.305 e. The van der Waals surface area contributed by atoms with E-state index >= 15 is 0 Å². The number of nitrogens with one attached hydrogen (secondary N) is 1. The van der Waals surface area contributed by atoms with Crippen LogP contribution < -0.4 is 10.1 Å². The minimum absolute atomic E-state index is 0.0823. The summed E-state index contributed by atoms with van der Waals surface area (Å²) in [5.41, 5.74) is -0.149. The first-order valence-electron chi connectivity index (χ1n) is 12.4. The summed E-state index contributed by atoms with van der Waals surface area (Å²) in [7, 11) is -3.03. The molecule has 1 aliphatic rings. The molecule has 1 heterocycles. The molecule has 3 aromatic carbocycles. The van der Waals surface area contributed by atoms with Crippen LogP contribution in [0, 0.1) is 15.9 Å². The van der Waals surface area contributed by atoms with Crippen LogP contribution in [0.25, 0.3) is 0 Å². The Labute approximate surface area is 239 Å². The molecule has 220 valence electrons. The molecular weight excluding hydrogens is 575 g/mol. The van der Waals surface area contributed by atoms with E-state index in [2.05, 4.69) is 5.32 Å². The molecule has 0 saturated carbocycles. The number of rotatable bonds is 10. The van der Waals surface area contributed by atoms with Crippen LogP contribution in [0.1, 0.15) is 28.4 Å². The highest BCUT2D eigenvalue weighted by Crippen LogP contribution is 2.29. The quantitative estimate of drug-likeness (QED) is 0.262. The standard InChI is InChI=1S/C27H25FN4O9S/c1-41-21-9-5-17(6-10-21)27(36)30-13-14-31(42(39,40)22-11-7-19(28)8-12-22)26(30)25(35)29-23(16-24(33)34)18-3-2-4-20(15-18)32(37)38/h2-12,15,23,26H,13-14,16H2,1H3,(H,29,35)(H,33,34). The summed E-state index contributed by atoms with van der Waals surface area (Å²) in [6, 6.07) is 13.4. The van der Waals surface area contributed by atoms with E-state index in [0.29, 0.717) is 5.75 Å². The molecule has 0 aliphatic carbocycles. The minimum atomic E-state index is -4.46. The molecular formula is C27H25FN4O9S. The van der Waals surface area contributed by atoms with Crippen LogP contribution >= 0.6 is 0 Å². The molecule has 1 fully saturated rings. The van der Waals surface area contributed by atoms with Crippen molar-refractivity contribution in [1.29, 1.82) is 0 Å². The van der Waals surface area contributed by atoms with Gasteiger partial charge in [-0.1, -0.05) is 12.1 Å². The zero-order valence-corrected chi connectivity index (χ0v) is 22.9. The number of nitro benzene ring substituents is 1. The highest BCUT2D eigenvalue weighted by atomic mass is 32.2. The summed E-state index contributed by atoms with van der Waals surface area (Å²) < 4.78 is 46.6. The fourth-order valence-electron chi connectivity index (χ4n) is 4.51. The second kappa shape index (κ2) is 12.3. The van der Waals surface area contributed by atoms with Gasteiger partial charge in [0.25, 0.3) is 17.5 Å². The Balaban J connectivity index is 1.74. The molecule has 42 heavy (non-hydrogen) atoms. The van der Waals surface area contributed by atoms with Gasteiger partial charge in [-0.2, -0.15) is 4.31 Å². The number of carboxylic acid groups (broad SMARTS) is 1. The van der Waals surface area contributed by atoms with E-state index in [-0.39, 0.29) is 34.8 Å². The lowest BCUT2D eigenvalue weighted by Crippen LogP contribution is -2.54. The van der Waals surface area contributed by atoms with Gasteiger partial charge < -0.3 is 20.1 Å². The summed E-state index contributed by atoms with van der Waals surface area (Å²) in [5.74, 6) is -3.32. The summed E-state index contributed by atoms with van der Waals surface area (Å²) >= 11 is 0. The predicted molar refractivity (Wildman–Crippen MR) is 144 cm³/mol. The van der Waals surface area contributed by atoms with E-state index < -0.39 is 57.2 Å². The van der Waals surface area contributed by atoms with Gasteiger partial charge in [0.2, 0.25) is 10.0 Å². The zero-order valence-electron chi connectivity index (χ0n) is 22.0. The van der Waals surface area contributed by atoms with E-state index in [4.69, 9.17) is 4.74 Å². The average Bonchev–Trinajstić information content (AvgIpc) is 3.43. The number of non-ortho nitro benzene ring substituents is 1. The number of carbonyl (C=O) groups excluding carboxylic acids is 2. The number of carboxylic acids is 1. The summed E-state index contributed by atoms with van der Waals surface area (Å²) in [4.78, 5) is 50.3. The lowest BCUT2D eigenvalue weighted by atomic mass is 10.0. The van der Waals surface area contributed by atoms with Crippen LogP contribution in [0.2, 0.25) is 0 Å². The Morgan fingerprint density at radius 3 is 2.36 bits per heavy atom. The van der Waals surface area contributed by atoms with Crippen molar-refractivity contribution < 1.29 is 42.0 Å². The summed E-state index contributed by atoms with van der Waals surface area (Å²) in [6.45, 7) is -0.510. The molecule has 15 heteroatoms. The maximum atomic E-state index is 13.8. The largest absolute Gasteiger partial charge is 0.497 e. The van der Waals surface area contributed by atoms with Crippen molar-refractivity contribution in [3.63, 3.8) is 0 Å². The number of ether oxygens (including phenoxy) is 1. The maximum absolute atomic E-state index is 13.8. The lowest BCUT2D eigenvalue weighted by molar-refractivity contribution is -0.384. The smallest absolute Gasteiger partial charge is 0.305 e. The number of nitro groups is 1. The Morgan fingerprint density at radius 1 is 1.10 bits per heavy atom. The first-order valence-corrected chi connectivity index (χ1v) is 13.9. The van der Waals surface area contributed by atoms with Crippen LogP contribution in [0.15, 0.2) is 77.7 Å². The molecule has 0 radical (unpaired) electrons. The summed E-state index contributed by atoms with van der Waals surface area (Å²) in [6.07, 6.45) is -2.47. The number of halogens is 1. The van der Waals surface area contributed by atoms with Crippen molar-refractivity contribution in [2.45, 2.75) is 23.5 Å². The van der Waals surface area contributed by atoms with Crippen molar-refractivity contribution >= 4 is 33.5 Å². The molecule has 0 bridgehead atoms. The lowest BCUT2D eigenvalue weighted by Gasteiger charge is -2.30. The number of carbonyl (C=O) groups is 3. The Hall–Kier alpha value is -4.89. The number of sulfonamides is 1. The van der Waals surface area contributed by atoms with Gasteiger partial charge in [-0.05, 0) is 54.1 Å². The number of hydrogen-bond acceptors (Lipinski definition) is 8. The monoisotopic (exact) mass is 600 g/mol. The van der Waals surface area contributed by atoms with Crippen LogP contribution in [0.3, 0.4) is 0 Å². The number of methoxy groups -OCH3 is 1. The van der Waals surface area contributed by atoms with Crippen molar-refractivity contribution in [1.82, 2.24) is 14.5 Å². The van der Waals surface area contributed by atoms with E-state index in [9.17, 15) is 42.4 Å². The molecule has 2 unspecified atom stereocenters. The minimum Gasteiger partial charge on any atom is -0.497 e. The number of aliphatic carboxylic acids is 1. The SMILES string of the molecule is COc1ccc(C(=O)N2CCN(S(=O)(=O)c3ccc(F)cc3)C2C(=O)NC(CC(=O)O)c2cccc([N+](=O)[O-])c2)cc1. The molecule has 1 aliphatic heterocycles. The van der Waals surface area contributed by atoms with Gasteiger partial charge in [0.1, 0.15) is 11.6 Å². The fraction of sp³-hybridized carbons (Fsp3) is 0.222. The molecule has 3 aromatic rings. The zero-order chi connectivity index (χ0) is 30.6. The van der Waals surface area contributed by atoms with Crippen LogP contribution in [-0.2, 0) is 19.6 Å². The van der Waals surface area contributed by atoms with Gasteiger partial charge in [-0.15, -0.1) is 0 Å². The van der Waals surface area contributed by atoms with Gasteiger partial charge in [-0.25, -0.2) is 12.8 Å². The van der Waals surface area contributed by atoms with Gasteiger partial charge in [-0.3, -0.25) is 24.5 Å². The molecule has 0 spiro atoms. The highest BCUT2D eigenvalue weighted by Gasteiger charge is 2.47. The highest BCUT2D eigenvalue weighted by molar-refractivity contribution is 7.89. The molecule has 2 atom stereocenters. The van der Waals surface area contributed by atoms with Gasteiger partial charge >= 0.3 is 5.97 Å². The van der Waals surface area contributed by atoms with Gasteiger partial charge in [0.15, 0.2) is 6.17 Å². The van der Waals surface area contributed by atoms with E-state index in [1.807, 2.05) is 0 Å². The molecule has 2 N–H and O–H groups in total. The van der Waals surface area contributed by atoms with Crippen LogP contribution in [0.5, 0.6) is 5.75 Å². The third kappa shape index (κ3) is 6.37. The first-order chi connectivity index (χ1) is 19.9. The second-order valence-corrected chi connectivity index (χ2v) is 11.1. The van der Waals surface area contributed by atoms with Crippen molar-refractivity contribution in [3.8, 4) is 5.75 Å². The van der Waals surface area contributed by atoms with E-state index in [0.717, 1.165) is 39.5 Å². The van der Waals surface area contributed by atoms with Crippen molar-refractivity contribution in [2.24, 2.45) is 0 Å². The molecule has 13 nitrogen and oxygen atoms in total. The topological polar surface area (TPSA) is 176 Å². The number of amides is 2. The van der Waals surface area contributed by atoms with Crippen molar-refractivity contribution in [3.05, 3.63) is 99.9 Å². The normalized spacial score (nSPS) is 16.0. The third-order valence-electron chi connectivity index (χ3n) is 6.56. The van der Waals surface area contributed by atoms with Crippen molar-refractivity contribution in [2.75, 3.05) is 20.2 Å². The number of nitrogens with zero attached hydrogens (tertiary/aromatic N) is 3. The Bertz CT molecular complexity index is 1620. The third-order valence-corrected chi connectivity index (χ3v) is 8.43. The van der Waals surface area contributed by atoms with Crippen LogP contribution in [-0.4, -0.2) is 71.8 Å².